The van der Waals surface area contributed by atoms with Crippen LogP contribution in [0.2, 0.25) is 0 Å². The largest absolute Gasteiger partial charge is 0.399 e. The van der Waals surface area contributed by atoms with E-state index in [2.05, 4.69) is 0 Å². The standard InChI is InChI=1S/C10H10F2N2/c1-14-8-3-2-7(13)4-6(8)5-9(14)10(11)12/h2-5,10H,13H2,1H3. The number of halogens is 2. The molecule has 0 atom stereocenters. The summed E-state index contributed by atoms with van der Waals surface area (Å²) in [4.78, 5) is 0. The zero-order valence-electron chi connectivity index (χ0n) is 7.67. The highest BCUT2D eigenvalue weighted by Gasteiger charge is 2.13. The Bertz CT molecular complexity index is 474. The Morgan fingerprint density at radius 1 is 1.29 bits per heavy atom. The van der Waals surface area contributed by atoms with Crippen molar-refractivity contribution in [2.24, 2.45) is 7.05 Å². The molecule has 0 radical (unpaired) electrons. The Morgan fingerprint density at radius 3 is 2.64 bits per heavy atom. The zero-order chi connectivity index (χ0) is 10.3. The van der Waals surface area contributed by atoms with Gasteiger partial charge in [0.15, 0.2) is 0 Å². The average Bonchev–Trinajstić information content (AvgIpc) is 2.43. The molecule has 2 aromatic rings. The van der Waals surface area contributed by atoms with E-state index >= 15 is 0 Å². The molecule has 74 valence electrons. The topological polar surface area (TPSA) is 30.9 Å². The van der Waals surface area contributed by atoms with Gasteiger partial charge in [-0.1, -0.05) is 0 Å². The normalized spacial score (nSPS) is 11.4. The fraction of sp³-hybridized carbons (Fsp3) is 0.200. The summed E-state index contributed by atoms with van der Waals surface area (Å²) in [7, 11) is 1.63. The van der Waals surface area contributed by atoms with Gasteiger partial charge in [0.2, 0.25) is 0 Å². The van der Waals surface area contributed by atoms with Crippen LogP contribution >= 0.6 is 0 Å². The summed E-state index contributed by atoms with van der Waals surface area (Å²) in [6, 6.07) is 6.62. The number of hydrogen-bond acceptors (Lipinski definition) is 1. The Hall–Kier alpha value is -1.58. The molecule has 4 heteroatoms. The molecule has 0 unspecified atom stereocenters. The van der Waals surface area contributed by atoms with Crippen LogP contribution in [0.5, 0.6) is 0 Å². The third kappa shape index (κ3) is 1.23. The summed E-state index contributed by atoms with van der Waals surface area (Å²) in [6.07, 6.45) is -2.45. The van der Waals surface area contributed by atoms with Crippen molar-refractivity contribution >= 4 is 16.6 Å². The number of nitrogen functional groups attached to an aromatic ring is 1. The van der Waals surface area contributed by atoms with Gasteiger partial charge in [0, 0.05) is 23.6 Å². The molecular formula is C10H10F2N2. The lowest BCUT2D eigenvalue weighted by Crippen LogP contribution is -1.95. The second-order valence-corrected chi connectivity index (χ2v) is 3.25. The number of hydrogen-bond donors (Lipinski definition) is 1. The van der Waals surface area contributed by atoms with Gasteiger partial charge in [-0.3, -0.25) is 0 Å². The second-order valence-electron chi connectivity index (χ2n) is 3.25. The third-order valence-electron chi connectivity index (χ3n) is 2.33. The first-order valence-corrected chi connectivity index (χ1v) is 4.22. The van der Waals surface area contributed by atoms with E-state index in [1.165, 1.54) is 10.6 Å². The minimum Gasteiger partial charge on any atom is -0.399 e. The van der Waals surface area contributed by atoms with E-state index in [1.54, 1.807) is 25.2 Å². The quantitative estimate of drug-likeness (QED) is 0.698. The lowest BCUT2D eigenvalue weighted by molar-refractivity contribution is 0.143. The van der Waals surface area contributed by atoms with E-state index in [0.717, 1.165) is 10.9 Å². The smallest absolute Gasteiger partial charge is 0.278 e. The van der Waals surface area contributed by atoms with Crippen molar-refractivity contribution in [3.8, 4) is 0 Å². The predicted molar refractivity (Wildman–Crippen MR) is 52.3 cm³/mol. The van der Waals surface area contributed by atoms with Crippen LogP contribution in [0, 0.1) is 0 Å². The average molecular weight is 196 g/mol. The van der Waals surface area contributed by atoms with Crippen LogP contribution in [-0.2, 0) is 7.05 Å². The first-order valence-electron chi connectivity index (χ1n) is 4.22. The molecule has 0 spiro atoms. The van der Waals surface area contributed by atoms with Crippen molar-refractivity contribution in [1.29, 1.82) is 0 Å². The number of aromatic nitrogens is 1. The molecule has 0 aliphatic heterocycles. The number of fused-ring (bicyclic) bond motifs is 1. The molecule has 0 aliphatic rings. The molecule has 0 saturated carbocycles. The Morgan fingerprint density at radius 2 is 2.00 bits per heavy atom. The number of rotatable bonds is 1. The first kappa shape index (κ1) is 8.99. The molecule has 2 nitrogen and oxygen atoms in total. The van der Waals surface area contributed by atoms with Crippen LogP contribution in [0.15, 0.2) is 24.3 Å². The molecule has 1 aromatic carbocycles. The van der Waals surface area contributed by atoms with Gasteiger partial charge in [-0.25, -0.2) is 8.78 Å². The molecule has 0 amide bonds. The van der Waals surface area contributed by atoms with E-state index < -0.39 is 6.43 Å². The number of nitrogens with two attached hydrogens (primary N) is 1. The number of nitrogens with zero attached hydrogens (tertiary/aromatic N) is 1. The molecule has 2 N–H and O–H groups in total. The Labute approximate surface area is 79.9 Å². The first-order chi connectivity index (χ1) is 6.59. The lowest BCUT2D eigenvalue weighted by atomic mass is 10.2. The molecule has 1 heterocycles. The van der Waals surface area contributed by atoms with Gasteiger partial charge in [-0.05, 0) is 24.3 Å². The molecular weight excluding hydrogens is 186 g/mol. The van der Waals surface area contributed by atoms with Gasteiger partial charge in [0.1, 0.15) is 0 Å². The number of benzene rings is 1. The highest BCUT2D eigenvalue weighted by Crippen LogP contribution is 2.27. The van der Waals surface area contributed by atoms with Crippen molar-refractivity contribution in [3.05, 3.63) is 30.0 Å². The summed E-state index contributed by atoms with van der Waals surface area (Å²) in [5, 5.41) is 0.753. The van der Waals surface area contributed by atoms with Crippen LogP contribution < -0.4 is 5.73 Å². The fourth-order valence-electron chi connectivity index (χ4n) is 1.60. The molecule has 2 rings (SSSR count). The van der Waals surface area contributed by atoms with E-state index in [1.807, 2.05) is 0 Å². The fourth-order valence-corrected chi connectivity index (χ4v) is 1.60. The van der Waals surface area contributed by atoms with E-state index in [4.69, 9.17) is 5.73 Å². The van der Waals surface area contributed by atoms with Crippen molar-refractivity contribution in [1.82, 2.24) is 4.57 Å². The summed E-state index contributed by atoms with van der Waals surface area (Å²) in [5.74, 6) is 0. The molecule has 0 bridgehead atoms. The van der Waals surface area contributed by atoms with Gasteiger partial charge in [0.05, 0.1) is 5.69 Å². The van der Waals surface area contributed by atoms with Crippen LogP contribution in [0.1, 0.15) is 12.1 Å². The zero-order valence-corrected chi connectivity index (χ0v) is 7.67. The molecule has 0 aliphatic carbocycles. The van der Waals surface area contributed by atoms with Crippen molar-refractivity contribution in [2.45, 2.75) is 6.43 Å². The second kappa shape index (κ2) is 2.97. The van der Waals surface area contributed by atoms with E-state index in [0.29, 0.717) is 5.69 Å². The summed E-state index contributed by atoms with van der Waals surface area (Å²) in [5.41, 5.74) is 6.94. The maximum Gasteiger partial charge on any atom is 0.278 e. The predicted octanol–water partition coefficient (Wildman–Crippen LogP) is 2.70. The monoisotopic (exact) mass is 196 g/mol. The summed E-state index contributed by atoms with van der Waals surface area (Å²) in [6.45, 7) is 0. The van der Waals surface area contributed by atoms with Crippen molar-refractivity contribution in [3.63, 3.8) is 0 Å². The SMILES string of the molecule is Cn1c(C(F)F)cc2cc(N)ccc21. The van der Waals surface area contributed by atoms with Crippen LogP contribution in [0.4, 0.5) is 14.5 Å². The Balaban J connectivity index is 2.73. The van der Waals surface area contributed by atoms with Crippen LogP contribution in [0.3, 0.4) is 0 Å². The highest BCUT2D eigenvalue weighted by atomic mass is 19.3. The van der Waals surface area contributed by atoms with Crippen LogP contribution in [-0.4, -0.2) is 4.57 Å². The number of anilines is 1. The third-order valence-corrected chi connectivity index (χ3v) is 2.33. The van der Waals surface area contributed by atoms with Gasteiger partial charge in [-0.15, -0.1) is 0 Å². The van der Waals surface area contributed by atoms with E-state index in [-0.39, 0.29) is 5.69 Å². The highest BCUT2D eigenvalue weighted by molar-refractivity contribution is 5.84. The van der Waals surface area contributed by atoms with Crippen molar-refractivity contribution in [2.75, 3.05) is 5.73 Å². The molecule has 0 fully saturated rings. The minimum atomic E-state index is -2.45. The molecule has 0 saturated heterocycles. The lowest BCUT2D eigenvalue weighted by Gasteiger charge is -2.01. The number of aryl methyl sites for hydroxylation is 1. The van der Waals surface area contributed by atoms with Gasteiger partial charge < -0.3 is 10.3 Å². The maximum absolute atomic E-state index is 12.5. The Kier molecular flexibility index (Phi) is 1.91. The maximum atomic E-state index is 12.5. The number of alkyl halides is 2. The summed E-state index contributed by atoms with van der Waals surface area (Å²) < 4.78 is 26.5. The van der Waals surface area contributed by atoms with Crippen molar-refractivity contribution < 1.29 is 8.78 Å². The molecule has 1 aromatic heterocycles. The summed E-state index contributed by atoms with van der Waals surface area (Å²) >= 11 is 0. The minimum absolute atomic E-state index is 0.0191. The molecule has 14 heavy (non-hydrogen) atoms. The van der Waals surface area contributed by atoms with Gasteiger partial charge >= 0.3 is 0 Å². The van der Waals surface area contributed by atoms with Crippen LogP contribution in [0.25, 0.3) is 10.9 Å². The van der Waals surface area contributed by atoms with E-state index in [9.17, 15) is 8.78 Å². The van der Waals surface area contributed by atoms with Gasteiger partial charge in [-0.2, -0.15) is 0 Å². The van der Waals surface area contributed by atoms with Gasteiger partial charge in [0.25, 0.3) is 6.43 Å².